The van der Waals surface area contributed by atoms with Gasteiger partial charge in [0.2, 0.25) is 5.91 Å². The van der Waals surface area contributed by atoms with Crippen molar-refractivity contribution in [1.82, 2.24) is 4.98 Å². The molecule has 1 amide bonds. The first kappa shape index (κ1) is 15.7. The number of hydrogen-bond acceptors (Lipinski definition) is 5. The lowest BCUT2D eigenvalue weighted by atomic mass is 10.1. The number of methoxy groups -OCH3 is 1. The highest BCUT2D eigenvalue weighted by atomic mass is 32.1. The molecule has 5 nitrogen and oxygen atoms in total. The SMILES string of the molecule is COc1ccc2c(CC(=O)Nc3ccc4nc(C)sc4c3)coc2c1. The number of rotatable bonds is 4. The number of aryl methyl sites for hydroxylation is 1. The number of nitrogens with zero attached hydrogens (tertiary/aromatic N) is 1. The quantitative estimate of drug-likeness (QED) is 0.585. The maximum absolute atomic E-state index is 12.4. The Hall–Kier alpha value is -2.86. The van der Waals surface area contributed by atoms with Gasteiger partial charge in [-0.2, -0.15) is 0 Å². The third-order valence-electron chi connectivity index (χ3n) is 3.99. The first-order valence-electron chi connectivity index (χ1n) is 7.83. The summed E-state index contributed by atoms with van der Waals surface area (Å²) in [6.45, 7) is 1.97. The Morgan fingerprint density at radius 1 is 1.28 bits per heavy atom. The lowest BCUT2D eigenvalue weighted by Crippen LogP contribution is -2.14. The highest BCUT2D eigenvalue weighted by Gasteiger charge is 2.12. The van der Waals surface area contributed by atoms with Crippen molar-refractivity contribution in [3.63, 3.8) is 0 Å². The molecule has 0 aliphatic carbocycles. The van der Waals surface area contributed by atoms with E-state index in [1.54, 1.807) is 24.7 Å². The number of furan rings is 1. The van der Waals surface area contributed by atoms with Crippen molar-refractivity contribution < 1.29 is 13.9 Å². The molecule has 0 bridgehead atoms. The van der Waals surface area contributed by atoms with Gasteiger partial charge in [0.25, 0.3) is 0 Å². The van der Waals surface area contributed by atoms with Crippen LogP contribution in [0.5, 0.6) is 5.75 Å². The normalized spacial score (nSPS) is 11.1. The maximum Gasteiger partial charge on any atom is 0.228 e. The first-order valence-corrected chi connectivity index (χ1v) is 8.65. The minimum absolute atomic E-state index is 0.0842. The molecule has 0 saturated carbocycles. The molecular formula is C19H16N2O3S. The van der Waals surface area contributed by atoms with Crippen molar-refractivity contribution in [2.75, 3.05) is 12.4 Å². The summed E-state index contributed by atoms with van der Waals surface area (Å²) >= 11 is 1.61. The third-order valence-corrected chi connectivity index (χ3v) is 4.93. The van der Waals surface area contributed by atoms with Gasteiger partial charge in [-0.05, 0) is 37.3 Å². The van der Waals surface area contributed by atoms with E-state index >= 15 is 0 Å². The van der Waals surface area contributed by atoms with E-state index in [1.807, 2.05) is 43.3 Å². The summed E-state index contributed by atoms with van der Waals surface area (Å²) in [5.74, 6) is 0.644. The van der Waals surface area contributed by atoms with Crippen LogP contribution in [0.2, 0.25) is 0 Å². The Kier molecular flexibility index (Phi) is 3.89. The van der Waals surface area contributed by atoms with Gasteiger partial charge in [-0.25, -0.2) is 4.98 Å². The molecule has 0 fully saturated rings. The molecular weight excluding hydrogens is 336 g/mol. The topological polar surface area (TPSA) is 64.4 Å². The Morgan fingerprint density at radius 2 is 2.16 bits per heavy atom. The summed E-state index contributed by atoms with van der Waals surface area (Å²) in [5, 5.41) is 4.88. The second-order valence-corrected chi connectivity index (χ2v) is 7.00. The Balaban J connectivity index is 1.53. The molecule has 0 spiro atoms. The zero-order valence-electron chi connectivity index (χ0n) is 13.8. The monoisotopic (exact) mass is 352 g/mol. The second-order valence-electron chi connectivity index (χ2n) is 5.76. The molecule has 4 aromatic rings. The summed E-state index contributed by atoms with van der Waals surface area (Å²) in [5.41, 5.74) is 3.29. The number of aromatic nitrogens is 1. The highest BCUT2D eigenvalue weighted by molar-refractivity contribution is 7.18. The fourth-order valence-corrected chi connectivity index (χ4v) is 3.69. The lowest BCUT2D eigenvalue weighted by Gasteiger charge is -2.04. The predicted molar refractivity (Wildman–Crippen MR) is 99.5 cm³/mol. The fourth-order valence-electron chi connectivity index (χ4n) is 2.82. The molecule has 2 aromatic carbocycles. The number of thiazole rings is 1. The van der Waals surface area contributed by atoms with Crippen LogP contribution in [0.3, 0.4) is 0 Å². The molecule has 4 rings (SSSR count). The van der Waals surface area contributed by atoms with Crippen molar-refractivity contribution in [1.29, 1.82) is 0 Å². The summed E-state index contributed by atoms with van der Waals surface area (Å²) in [6.07, 6.45) is 1.87. The van der Waals surface area contributed by atoms with Crippen molar-refractivity contribution in [3.05, 3.63) is 53.2 Å². The molecule has 0 aliphatic rings. The van der Waals surface area contributed by atoms with Gasteiger partial charge < -0.3 is 14.5 Å². The second kappa shape index (κ2) is 6.22. The minimum Gasteiger partial charge on any atom is -0.497 e. The molecule has 0 aliphatic heterocycles. The summed E-state index contributed by atoms with van der Waals surface area (Å²) in [7, 11) is 1.61. The number of ether oxygens (including phenoxy) is 1. The van der Waals surface area contributed by atoms with E-state index in [9.17, 15) is 4.79 Å². The van der Waals surface area contributed by atoms with Crippen molar-refractivity contribution in [3.8, 4) is 5.75 Å². The maximum atomic E-state index is 12.4. The van der Waals surface area contributed by atoms with E-state index < -0.39 is 0 Å². The molecule has 25 heavy (non-hydrogen) atoms. The number of nitrogens with one attached hydrogen (secondary N) is 1. The van der Waals surface area contributed by atoms with Crippen LogP contribution in [0.1, 0.15) is 10.6 Å². The van der Waals surface area contributed by atoms with Gasteiger partial charge in [0.15, 0.2) is 0 Å². The van der Waals surface area contributed by atoms with Crippen LogP contribution < -0.4 is 10.1 Å². The average molecular weight is 352 g/mol. The van der Waals surface area contributed by atoms with Crippen LogP contribution in [0.4, 0.5) is 5.69 Å². The molecule has 0 radical (unpaired) electrons. The van der Waals surface area contributed by atoms with Gasteiger partial charge in [0, 0.05) is 22.7 Å². The Labute approximate surface area is 148 Å². The zero-order chi connectivity index (χ0) is 17.4. The van der Waals surface area contributed by atoms with E-state index in [4.69, 9.17) is 9.15 Å². The highest BCUT2D eigenvalue weighted by Crippen LogP contribution is 2.27. The van der Waals surface area contributed by atoms with Crippen LogP contribution in [-0.4, -0.2) is 18.0 Å². The summed E-state index contributed by atoms with van der Waals surface area (Å²) in [4.78, 5) is 16.8. The fraction of sp³-hybridized carbons (Fsp3) is 0.158. The number of carbonyl (C=O) groups is 1. The molecule has 6 heteroatoms. The van der Waals surface area contributed by atoms with Crippen molar-refractivity contribution in [2.24, 2.45) is 0 Å². The number of hydrogen-bond donors (Lipinski definition) is 1. The van der Waals surface area contributed by atoms with Crippen LogP contribution in [-0.2, 0) is 11.2 Å². The molecule has 0 atom stereocenters. The standard InChI is InChI=1S/C19H16N2O3S/c1-11-20-16-6-3-13(8-18(16)25-11)21-19(22)7-12-10-24-17-9-14(23-2)4-5-15(12)17/h3-6,8-10H,7H2,1-2H3,(H,21,22). The lowest BCUT2D eigenvalue weighted by molar-refractivity contribution is -0.115. The average Bonchev–Trinajstić information content (AvgIpc) is 3.16. The van der Waals surface area contributed by atoms with Gasteiger partial charge in [0.05, 0.1) is 35.0 Å². The molecule has 1 N–H and O–H groups in total. The van der Waals surface area contributed by atoms with E-state index in [1.165, 1.54) is 0 Å². The Bertz CT molecular complexity index is 1080. The molecule has 126 valence electrons. The number of fused-ring (bicyclic) bond motifs is 2. The smallest absolute Gasteiger partial charge is 0.228 e. The largest absolute Gasteiger partial charge is 0.497 e. The van der Waals surface area contributed by atoms with Gasteiger partial charge >= 0.3 is 0 Å². The van der Waals surface area contributed by atoms with Gasteiger partial charge in [0.1, 0.15) is 11.3 Å². The summed E-state index contributed by atoms with van der Waals surface area (Å²) < 4.78 is 11.8. The number of anilines is 1. The minimum atomic E-state index is -0.0842. The van der Waals surface area contributed by atoms with Crippen molar-refractivity contribution in [2.45, 2.75) is 13.3 Å². The number of carbonyl (C=O) groups excluding carboxylic acids is 1. The number of amides is 1. The van der Waals surface area contributed by atoms with Gasteiger partial charge in [-0.15, -0.1) is 11.3 Å². The van der Waals surface area contributed by atoms with Gasteiger partial charge in [-0.3, -0.25) is 4.79 Å². The van der Waals surface area contributed by atoms with Crippen LogP contribution >= 0.6 is 11.3 Å². The van der Waals surface area contributed by atoms with E-state index in [2.05, 4.69) is 10.3 Å². The van der Waals surface area contributed by atoms with Crippen molar-refractivity contribution >= 4 is 44.1 Å². The predicted octanol–water partition coefficient (Wildman–Crippen LogP) is 4.54. The van der Waals surface area contributed by atoms with Crippen LogP contribution in [0.15, 0.2) is 47.1 Å². The van der Waals surface area contributed by atoms with Crippen LogP contribution in [0, 0.1) is 6.92 Å². The number of benzene rings is 2. The Morgan fingerprint density at radius 3 is 3.00 bits per heavy atom. The van der Waals surface area contributed by atoms with Crippen LogP contribution in [0.25, 0.3) is 21.2 Å². The summed E-state index contributed by atoms with van der Waals surface area (Å²) in [6, 6.07) is 11.3. The first-order chi connectivity index (χ1) is 12.1. The molecule has 2 heterocycles. The van der Waals surface area contributed by atoms with E-state index in [-0.39, 0.29) is 12.3 Å². The third kappa shape index (κ3) is 3.08. The zero-order valence-corrected chi connectivity index (χ0v) is 14.6. The molecule has 0 saturated heterocycles. The molecule has 0 unspecified atom stereocenters. The van der Waals surface area contributed by atoms with E-state index in [0.29, 0.717) is 5.58 Å². The van der Waals surface area contributed by atoms with E-state index in [0.717, 1.165) is 37.6 Å². The van der Waals surface area contributed by atoms with Gasteiger partial charge in [-0.1, -0.05) is 0 Å². The molecule has 2 aromatic heterocycles.